The minimum atomic E-state index is -4.39. The molecular formula is C80H76ClFN4O18S2. The van der Waals surface area contributed by atoms with E-state index in [1.165, 1.54) is 67.2 Å². The fraction of sp³-hybridized carbons (Fsp3) is 0.263. The Morgan fingerprint density at radius 2 is 1.35 bits per heavy atom. The average Bonchev–Trinajstić information content (AvgIpc) is 1.45. The predicted octanol–water partition coefficient (Wildman–Crippen LogP) is 14.2. The van der Waals surface area contributed by atoms with E-state index >= 15 is 0 Å². The third-order valence-electron chi connectivity index (χ3n) is 18.1. The molecule has 0 saturated carbocycles. The molecule has 550 valence electrons. The number of rotatable bonds is 32. The fourth-order valence-corrected chi connectivity index (χ4v) is 15.0. The van der Waals surface area contributed by atoms with Crippen LogP contribution >= 0.6 is 22.9 Å². The molecule has 1 fully saturated rings. The number of thiophene rings is 1. The highest BCUT2D eigenvalue weighted by atomic mass is 35.5. The zero-order valence-corrected chi connectivity index (χ0v) is 61.3. The number of hydrogen-bond acceptors (Lipinski definition) is 22. The van der Waals surface area contributed by atoms with Gasteiger partial charge >= 0.3 is 5.97 Å². The number of fused-ring (bicyclic) bond motifs is 1. The van der Waals surface area contributed by atoms with Crippen LogP contribution in [0.1, 0.15) is 39.1 Å². The normalized spacial score (nSPS) is 16.6. The lowest BCUT2D eigenvalue weighted by Gasteiger charge is -2.44. The zero-order chi connectivity index (χ0) is 74.7. The van der Waals surface area contributed by atoms with E-state index in [1.807, 2.05) is 91.9 Å². The zero-order valence-electron chi connectivity index (χ0n) is 58.9. The molecule has 1 aliphatic heterocycles. The van der Waals surface area contributed by atoms with Gasteiger partial charge < -0.3 is 67.1 Å². The van der Waals surface area contributed by atoms with Crippen LogP contribution in [-0.2, 0) is 66.1 Å². The summed E-state index contributed by atoms with van der Waals surface area (Å²) in [7, 11) is 4.96. The van der Waals surface area contributed by atoms with Gasteiger partial charge in [0.1, 0.15) is 107 Å². The third kappa shape index (κ3) is 16.7. The van der Waals surface area contributed by atoms with Gasteiger partial charge in [-0.1, -0.05) is 114 Å². The van der Waals surface area contributed by atoms with Gasteiger partial charge in [-0.3, -0.25) is 4.18 Å². The van der Waals surface area contributed by atoms with Gasteiger partial charge in [0.05, 0.1) is 41.8 Å². The summed E-state index contributed by atoms with van der Waals surface area (Å²) in [5, 5.41) is 22.4. The van der Waals surface area contributed by atoms with Crippen molar-refractivity contribution in [3.8, 4) is 73.3 Å². The summed E-state index contributed by atoms with van der Waals surface area (Å²) in [4.78, 5) is 33.0. The number of carboxylic acids is 1. The van der Waals surface area contributed by atoms with Gasteiger partial charge in [-0.25, -0.2) is 29.1 Å². The van der Waals surface area contributed by atoms with Crippen molar-refractivity contribution in [3.05, 3.63) is 250 Å². The topological polar surface area (TPSA) is 263 Å². The van der Waals surface area contributed by atoms with E-state index < -0.39 is 77.0 Å². The number of benzene rings is 8. The molecule has 0 aliphatic carbocycles. The van der Waals surface area contributed by atoms with Gasteiger partial charge in [0.2, 0.25) is 12.0 Å². The molecule has 0 bridgehead atoms. The second-order valence-corrected chi connectivity index (χ2v) is 27.6. The summed E-state index contributed by atoms with van der Waals surface area (Å²) < 4.78 is 122. The molecule has 0 spiro atoms. The van der Waals surface area contributed by atoms with Crippen molar-refractivity contribution in [2.45, 2.75) is 80.3 Å². The molecule has 26 heteroatoms. The SMILES string of the molecule is COc1ccc(C(OC[C@H](COS(=O)(=O)c2ccc(C)cc2)Oc2ccc(-c3c(-c4ccc(F)cc4)sc4ncnc(O[C@H](Cc5cc(O)ccc5OCc5ccnc(-c6cccc(OC[C@H]7O[C@H](OC)[C@@H](OC)[C@@H](OC)[C@@H]7OC)c6)n5)C(=O)O)c34)c(C)c2Cl)(c2ccccc2)c2ccc(OC)cc2)cc1. The van der Waals surface area contributed by atoms with Crippen LogP contribution in [0.5, 0.6) is 40.4 Å². The Kier molecular flexibility index (Phi) is 24.2. The van der Waals surface area contributed by atoms with Gasteiger partial charge in [0.25, 0.3) is 10.1 Å². The van der Waals surface area contributed by atoms with Crippen LogP contribution < -0.4 is 28.4 Å². The van der Waals surface area contributed by atoms with Crippen molar-refractivity contribution in [1.82, 2.24) is 19.9 Å². The van der Waals surface area contributed by atoms with Crippen LogP contribution in [0.15, 0.2) is 205 Å². The Labute approximate surface area is 621 Å². The lowest BCUT2D eigenvalue weighted by atomic mass is 9.80. The monoisotopic (exact) mass is 1500 g/mol. The van der Waals surface area contributed by atoms with Gasteiger partial charge in [0, 0.05) is 62.6 Å². The molecule has 1 aliphatic rings. The molecule has 106 heavy (non-hydrogen) atoms. The van der Waals surface area contributed by atoms with E-state index in [-0.39, 0.29) is 64.9 Å². The second-order valence-electron chi connectivity index (χ2n) is 24.6. The largest absolute Gasteiger partial charge is 0.508 e. The van der Waals surface area contributed by atoms with Crippen LogP contribution in [-0.4, -0.2) is 150 Å². The van der Waals surface area contributed by atoms with Crippen molar-refractivity contribution in [2.24, 2.45) is 0 Å². The van der Waals surface area contributed by atoms with E-state index in [4.69, 9.17) is 77.6 Å². The maximum absolute atomic E-state index is 14.8. The number of methoxy groups -OCH3 is 6. The minimum Gasteiger partial charge on any atom is -0.508 e. The number of carbonyl (C=O) groups is 1. The molecule has 0 unspecified atom stereocenters. The van der Waals surface area contributed by atoms with Gasteiger partial charge in [0.15, 0.2) is 12.1 Å². The Morgan fingerprint density at radius 3 is 2.01 bits per heavy atom. The second kappa shape index (κ2) is 34.0. The molecule has 8 aromatic carbocycles. The molecule has 7 atom stereocenters. The number of hydrogen-bond donors (Lipinski definition) is 2. The van der Waals surface area contributed by atoms with Crippen LogP contribution in [0.2, 0.25) is 5.02 Å². The highest BCUT2D eigenvalue weighted by Gasteiger charge is 2.48. The number of ether oxygens (including phenoxy) is 12. The molecule has 1 saturated heterocycles. The fourth-order valence-electron chi connectivity index (χ4n) is 12.7. The number of aromatic hydroxyl groups is 1. The molecule has 0 amide bonds. The number of aryl methyl sites for hydroxylation is 1. The standard InChI is InChI=1S/C80H76ClFN4O18S2/c1-47-17-32-62(33-18-47)106(90,91)101-44-61(43-100-80(52-14-10-9-11-15-52,53-21-28-58(92-3)29-22-53)54-23-30-59(93-4)31-24-54)102-65-36-34-63(48(2)70(65)81)68-69-76(84-46-85-77(69)105-74(68)49-19-25-55(82)26-20-49)103-66(78(88)89)41-51-39-57(87)27-35-64(51)99-42-56-37-38-83-75(86-56)50-13-12-16-60(40-50)98-45-67-71(94-5)72(95-6)73(96-7)79(97-8)104-67/h9-40,46,61,66-67,71-73,79,87H,41-45H2,1-8H3,(H,88,89)/t61-,66-,67-,71-,72+,73+,79+/m1/s1. The van der Waals surface area contributed by atoms with Crippen molar-refractivity contribution in [1.29, 1.82) is 0 Å². The smallest absolute Gasteiger partial charge is 0.345 e. The van der Waals surface area contributed by atoms with E-state index in [0.29, 0.717) is 82.8 Å². The lowest BCUT2D eigenvalue weighted by molar-refractivity contribution is -0.305. The van der Waals surface area contributed by atoms with Crippen molar-refractivity contribution >= 4 is 49.2 Å². The molecule has 22 nitrogen and oxygen atoms in total. The van der Waals surface area contributed by atoms with Crippen molar-refractivity contribution < 1.29 is 88.8 Å². The first-order valence-corrected chi connectivity index (χ1v) is 36.1. The van der Waals surface area contributed by atoms with Gasteiger partial charge in [-0.15, -0.1) is 11.3 Å². The summed E-state index contributed by atoms with van der Waals surface area (Å²) in [6, 6.07) is 53.1. The summed E-state index contributed by atoms with van der Waals surface area (Å²) in [6.07, 6.45) is -3.29. The Balaban J connectivity index is 0.838. The van der Waals surface area contributed by atoms with Crippen LogP contribution in [0.3, 0.4) is 0 Å². The van der Waals surface area contributed by atoms with Gasteiger partial charge in [-0.05, 0) is 138 Å². The summed E-state index contributed by atoms with van der Waals surface area (Å²) in [6.45, 7) is 2.72. The average molecular weight is 1500 g/mol. The number of nitrogens with zero attached hydrogens (tertiary/aromatic N) is 4. The van der Waals surface area contributed by atoms with E-state index in [1.54, 1.807) is 109 Å². The Bertz CT molecular complexity index is 4900. The first-order valence-electron chi connectivity index (χ1n) is 33.5. The predicted molar refractivity (Wildman–Crippen MR) is 394 cm³/mol. The Morgan fingerprint density at radius 1 is 0.670 bits per heavy atom. The molecule has 11 aromatic rings. The van der Waals surface area contributed by atoms with E-state index in [0.717, 1.165) is 11.1 Å². The highest BCUT2D eigenvalue weighted by molar-refractivity contribution is 7.86. The minimum absolute atomic E-state index is 0.0717. The molecule has 4 heterocycles. The number of aliphatic carboxylic acids is 1. The highest BCUT2D eigenvalue weighted by Crippen LogP contribution is 2.50. The Hall–Kier alpha value is -10.2. The summed E-state index contributed by atoms with van der Waals surface area (Å²) in [5.41, 5.74) is 4.92. The first-order chi connectivity index (χ1) is 51.3. The number of halogens is 2. The molecule has 3 aromatic heterocycles. The molecule has 0 radical (unpaired) electrons. The van der Waals surface area contributed by atoms with Crippen LogP contribution in [0, 0.1) is 19.7 Å². The van der Waals surface area contributed by atoms with Gasteiger partial charge in [-0.2, -0.15) is 8.42 Å². The van der Waals surface area contributed by atoms with Crippen LogP contribution in [0.4, 0.5) is 4.39 Å². The third-order valence-corrected chi connectivity index (χ3v) is 21.0. The molecular weight excluding hydrogens is 1420 g/mol. The van der Waals surface area contributed by atoms with E-state index in [9.17, 15) is 27.8 Å². The molecule has 12 rings (SSSR count). The number of phenols is 1. The van der Waals surface area contributed by atoms with E-state index in [2.05, 4.69) is 15.0 Å². The van der Waals surface area contributed by atoms with Crippen molar-refractivity contribution in [2.75, 3.05) is 62.5 Å². The van der Waals surface area contributed by atoms with Crippen LogP contribution in [0.25, 0.3) is 43.2 Å². The van der Waals surface area contributed by atoms with Crippen molar-refractivity contribution in [3.63, 3.8) is 0 Å². The number of aromatic nitrogens is 4. The quantitative estimate of drug-likeness (QED) is 0.0293. The maximum Gasteiger partial charge on any atom is 0.345 e. The number of phenolic OH excluding ortho intramolecular Hbond substituents is 1. The summed E-state index contributed by atoms with van der Waals surface area (Å²) >= 11 is 8.75. The summed E-state index contributed by atoms with van der Waals surface area (Å²) in [5.74, 6) is 0.240. The maximum atomic E-state index is 14.8. The lowest BCUT2D eigenvalue weighted by Crippen LogP contribution is -2.61. The number of carboxylic acid groups (broad SMARTS) is 1. The molecule has 2 N–H and O–H groups in total. The first kappa shape index (κ1) is 75.5.